The van der Waals surface area contributed by atoms with Crippen molar-refractivity contribution in [2.24, 2.45) is 13.0 Å². The molecule has 7 heteroatoms. The Morgan fingerprint density at radius 3 is 2.77 bits per heavy atom. The average molecular weight is 370 g/mol. The lowest BCUT2D eigenvalue weighted by molar-refractivity contribution is -0.122. The summed E-state index contributed by atoms with van der Waals surface area (Å²) < 4.78 is 1.74. The molecule has 1 aromatic carbocycles. The molecule has 0 saturated heterocycles. The van der Waals surface area contributed by atoms with Gasteiger partial charge in [-0.2, -0.15) is 16.9 Å². The van der Waals surface area contributed by atoms with Crippen LogP contribution in [0, 0.1) is 5.92 Å². The molecule has 6 nitrogen and oxygen atoms in total. The molecule has 136 valence electrons. The highest BCUT2D eigenvalue weighted by atomic mass is 32.2. The Morgan fingerprint density at radius 2 is 2.04 bits per heavy atom. The molecule has 2 aliphatic rings. The smallest absolute Gasteiger partial charge is 0.255 e. The van der Waals surface area contributed by atoms with Crippen molar-refractivity contribution in [3.63, 3.8) is 0 Å². The maximum absolute atomic E-state index is 13.1. The van der Waals surface area contributed by atoms with Crippen molar-refractivity contribution in [3.8, 4) is 0 Å². The molecule has 26 heavy (non-hydrogen) atoms. The molecule has 0 spiro atoms. The monoisotopic (exact) mass is 370 g/mol. The lowest BCUT2D eigenvalue weighted by Crippen LogP contribution is -2.47. The minimum absolute atomic E-state index is 0.00362. The molecule has 2 aliphatic heterocycles. The quantitative estimate of drug-likeness (QED) is 0.899. The van der Waals surface area contributed by atoms with Crippen molar-refractivity contribution in [2.75, 3.05) is 5.32 Å². The number of aromatic nitrogens is 2. The number of nitrogens with one attached hydrogen (secondary N) is 1. The second-order valence-electron chi connectivity index (χ2n) is 7.16. The number of carbonyl (C=O) groups is 2. The first-order valence-corrected chi connectivity index (χ1v) is 9.95. The minimum atomic E-state index is -0.519. The molecule has 4 rings (SSSR count). The van der Waals surface area contributed by atoms with Gasteiger partial charge in [0.25, 0.3) is 5.91 Å². The summed E-state index contributed by atoms with van der Waals surface area (Å²) in [6.07, 6.45) is 0. The summed E-state index contributed by atoms with van der Waals surface area (Å²) in [5.41, 5.74) is 3.82. The molecule has 1 aromatic heterocycles. The van der Waals surface area contributed by atoms with E-state index < -0.39 is 6.04 Å². The van der Waals surface area contributed by atoms with Gasteiger partial charge in [-0.3, -0.25) is 14.3 Å². The van der Waals surface area contributed by atoms with Crippen LogP contribution >= 0.6 is 11.8 Å². The van der Waals surface area contributed by atoms with Crippen LogP contribution in [0.25, 0.3) is 0 Å². The predicted octanol–water partition coefficient (Wildman–Crippen LogP) is 2.79. The summed E-state index contributed by atoms with van der Waals surface area (Å²) in [5.74, 6) is 2.28. The van der Waals surface area contributed by atoms with Crippen molar-refractivity contribution in [3.05, 3.63) is 46.6 Å². The van der Waals surface area contributed by atoms with Crippen LogP contribution in [0.3, 0.4) is 0 Å². The molecule has 2 aromatic rings. The standard InChI is InChI=1S/C19H22N4O2S/c1-11(2)16(23-8-12-6-4-5-7-13(12)19(23)25)18(24)20-17-14-9-26-10-15(14)21-22(17)3/h4-7,11,16H,8-10H2,1-3H3,(H,20,24). The Kier molecular flexibility index (Phi) is 4.26. The van der Waals surface area contributed by atoms with E-state index in [1.165, 1.54) is 0 Å². The van der Waals surface area contributed by atoms with Gasteiger partial charge >= 0.3 is 0 Å². The zero-order valence-electron chi connectivity index (χ0n) is 15.2. The molecule has 1 atom stereocenters. The second-order valence-corrected chi connectivity index (χ2v) is 8.14. The SMILES string of the molecule is CC(C)C(C(=O)Nc1c2c(nn1C)CSC2)N1Cc2ccccc2C1=O. The Bertz CT molecular complexity index is 890. The van der Waals surface area contributed by atoms with Crippen molar-refractivity contribution in [1.29, 1.82) is 0 Å². The number of hydrogen-bond donors (Lipinski definition) is 1. The molecule has 1 unspecified atom stereocenters. The van der Waals surface area contributed by atoms with E-state index in [0.29, 0.717) is 12.1 Å². The van der Waals surface area contributed by atoms with Crippen LogP contribution in [-0.4, -0.2) is 32.5 Å². The number of thioether (sulfide) groups is 1. The van der Waals surface area contributed by atoms with Gasteiger partial charge in [0.2, 0.25) is 5.91 Å². The Morgan fingerprint density at radius 1 is 1.27 bits per heavy atom. The molecule has 2 amide bonds. The van der Waals surface area contributed by atoms with Crippen LogP contribution in [0.2, 0.25) is 0 Å². The van der Waals surface area contributed by atoms with Crippen LogP contribution in [0.5, 0.6) is 0 Å². The van der Waals surface area contributed by atoms with Crippen LogP contribution in [0.15, 0.2) is 24.3 Å². The molecule has 0 fully saturated rings. The summed E-state index contributed by atoms with van der Waals surface area (Å²) in [6.45, 7) is 4.43. The van der Waals surface area contributed by atoms with Gasteiger partial charge in [0, 0.05) is 36.2 Å². The fourth-order valence-electron chi connectivity index (χ4n) is 3.79. The van der Waals surface area contributed by atoms with E-state index >= 15 is 0 Å². The van der Waals surface area contributed by atoms with Gasteiger partial charge in [-0.05, 0) is 17.5 Å². The average Bonchev–Trinajstić information content (AvgIpc) is 3.25. The van der Waals surface area contributed by atoms with Crippen molar-refractivity contribution in [1.82, 2.24) is 14.7 Å². The summed E-state index contributed by atoms with van der Waals surface area (Å²) in [7, 11) is 1.85. The third-order valence-corrected chi connectivity index (χ3v) is 6.01. The normalized spacial score (nSPS) is 16.8. The van der Waals surface area contributed by atoms with Crippen molar-refractivity contribution >= 4 is 29.4 Å². The number of benzene rings is 1. The number of hydrogen-bond acceptors (Lipinski definition) is 4. The van der Waals surface area contributed by atoms with Gasteiger partial charge < -0.3 is 10.2 Å². The zero-order valence-corrected chi connectivity index (χ0v) is 16.0. The van der Waals surface area contributed by atoms with Gasteiger partial charge in [-0.15, -0.1) is 0 Å². The summed E-state index contributed by atoms with van der Waals surface area (Å²) >= 11 is 1.80. The number of anilines is 1. The Balaban J connectivity index is 1.60. The second kappa shape index (κ2) is 6.46. The number of nitrogens with zero attached hydrogens (tertiary/aromatic N) is 3. The van der Waals surface area contributed by atoms with E-state index in [-0.39, 0.29) is 17.7 Å². The number of fused-ring (bicyclic) bond motifs is 2. The third kappa shape index (κ3) is 2.70. The molecule has 1 N–H and O–H groups in total. The van der Waals surface area contributed by atoms with Crippen LogP contribution in [-0.2, 0) is 29.9 Å². The topological polar surface area (TPSA) is 67.2 Å². The fraction of sp³-hybridized carbons (Fsp3) is 0.421. The Labute approximate surface area is 156 Å². The lowest BCUT2D eigenvalue weighted by atomic mass is 10.0. The van der Waals surface area contributed by atoms with E-state index in [9.17, 15) is 9.59 Å². The summed E-state index contributed by atoms with van der Waals surface area (Å²) in [6, 6.07) is 7.05. The maximum atomic E-state index is 13.1. The lowest BCUT2D eigenvalue weighted by Gasteiger charge is -2.30. The minimum Gasteiger partial charge on any atom is -0.322 e. The summed E-state index contributed by atoms with van der Waals surface area (Å²) in [4.78, 5) is 27.7. The van der Waals surface area contributed by atoms with E-state index in [1.54, 1.807) is 21.3 Å². The highest BCUT2D eigenvalue weighted by Gasteiger charge is 2.38. The molecular weight excluding hydrogens is 348 g/mol. The van der Waals surface area contributed by atoms with Crippen molar-refractivity contribution in [2.45, 2.75) is 37.9 Å². The molecule has 0 saturated carbocycles. The zero-order chi connectivity index (χ0) is 18.4. The summed E-state index contributed by atoms with van der Waals surface area (Å²) in [5, 5.41) is 7.54. The third-order valence-electron chi connectivity index (χ3n) is 5.04. The van der Waals surface area contributed by atoms with E-state index in [1.807, 2.05) is 45.2 Å². The molecule has 3 heterocycles. The van der Waals surface area contributed by atoms with Crippen LogP contribution in [0.4, 0.5) is 5.82 Å². The highest BCUT2D eigenvalue weighted by Crippen LogP contribution is 2.35. The van der Waals surface area contributed by atoms with E-state index in [4.69, 9.17) is 0 Å². The van der Waals surface area contributed by atoms with Gasteiger partial charge in [0.1, 0.15) is 11.9 Å². The molecular formula is C19H22N4O2S. The molecule has 0 radical (unpaired) electrons. The van der Waals surface area contributed by atoms with Crippen LogP contribution < -0.4 is 5.32 Å². The van der Waals surface area contributed by atoms with Gasteiger partial charge in [0.15, 0.2) is 0 Å². The largest absolute Gasteiger partial charge is 0.322 e. The number of aryl methyl sites for hydroxylation is 1. The first kappa shape index (κ1) is 17.1. The molecule has 0 aliphatic carbocycles. The highest BCUT2D eigenvalue weighted by molar-refractivity contribution is 7.98. The number of rotatable bonds is 4. The molecule has 0 bridgehead atoms. The van der Waals surface area contributed by atoms with Gasteiger partial charge in [0.05, 0.1) is 5.69 Å². The fourth-order valence-corrected chi connectivity index (χ4v) is 4.83. The van der Waals surface area contributed by atoms with Gasteiger partial charge in [-0.25, -0.2) is 0 Å². The van der Waals surface area contributed by atoms with Gasteiger partial charge in [-0.1, -0.05) is 32.0 Å². The van der Waals surface area contributed by atoms with E-state index in [0.717, 1.165) is 34.1 Å². The van der Waals surface area contributed by atoms with Crippen LogP contribution in [0.1, 0.15) is 41.0 Å². The van der Waals surface area contributed by atoms with Crippen molar-refractivity contribution < 1.29 is 9.59 Å². The predicted molar refractivity (Wildman–Crippen MR) is 102 cm³/mol. The van der Waals surface area contributed by atoms with E-state index in [2.05, 4.69) is 10.4 Å². The first-order valence-electron chi connectivity index (χ1n) is 8.79. The number of carbonyl (C=O) groups excluding carboxylic acids is 2. The Hall–Kier alpha value is -2.28. The first-order chi connectivity index (χ1) is 12.5. The number of amides is 2. The maximum Gasteiger partial charge on any atom is 0.255 e.